The second kappa shape index (κ2) is 8.60. The number of benzene rings is 1. The van der Waals surface area contributed by atoms with E-state index in [-0.39, 0.29) is 11.8 Å². The molecule has 5 rings (SSSR count). The number of allylic oxidation sites excluding steroid dienone is 2. The maximum absolute atomic E-state index is 12.9. The molecule has 1 saturated heterocycles. The van der Waals surface area contributed by atoms with Crippen LogP contribution in [0, 0.1) is 17.2 Å². The van der Waals surface area contributed by atoms with E-state index in [2.05, 4.69) is 40.1 Å². The average Bonchev–Trinajstić information content (AvgIpc) is 3.33. The van der Waals surface area contributed by atoms with Gasteiger partial charge < -0.3 is 14.8 Å². The standard InChI is InChI=1S/C26H27N5O/c1-30-12-14-31(15-13-30)26(32)21-8-6-19(7-9-21)23-17-29-25-22(10-11-28-25)24(23)20-4-2-18(16-27)3-5-20/h4,6-11,17-18H,2-3,5,12-15H2,1H3,(H,28,29). The van der Waals surface area contributed by atoms with E-state index in [1.165, 1.54) is 11.1 Å². The van der Waals surface area contributed by atoms with E-state index in [1.54, 1.807) is 0 Å². The minimum Gasteiger partial charge on any atom is -0.346 e. The first-order chi connectivity index (χ1) is 15.6. The van der Waals surface area contributed by atoms with Gasteiger partial charge in [0, 0.05) is 55.1 Å². The summed E-state index contributed by atoms with van der Waals surface area (Å²) in [5, 5.41) is 10.4. The summed E-state index contributed by atoms with van der Waals surface area (Å²) in [4.78, 5) is 25.0. The molecule has 1 aromatic carbocycles. The molecule has 1 atom stereocenters. The zero-order chi connectivity index (χ0) is 22.1. The van der Waals surface area contributed by atoms with Crippen LogP contribution in [0.15, 0.2) is 48.8 Å². The maximum atomic E-state index is 12.9. The number of hydrogen-bond donors (Lipinski definition) is 1. The number of pyridine rings is 1. The Labute approximate surface area is 188 Å². The predicted molar refractivity (Wildman–Crippen MR) is 126 cm³/mol. The summed E-state index contributed by atoms with van der Waals surface area (Å²) in [7, 11) is 2.09. The molecular formula is C26H27N5O. The van der Waals surface area contributed by atoms with Gasteiger partial charge in [-0.25, -0.2) is 4.98 Å². The lowest BCUT2D eigenvalue weighted by Gasteiger charge is -2.32. The van der Waals surface area contributed by atoms with E-state index in [9.17, 15) is 10.1 Å². The molecule has 1 unspecified atom stereocenters. The third kappa shape index (κ3) is 3.80. The van der Waals surface area contributed by atoms with E-state index in [1.807, 2.05) is 41.6 Å². The normalized spacial score (nSPS) is 19.6. The van der Waals surface area contributed by atoms with Crippen LogP contribution in [0.4, 0.5) is 0 Å². The molecule has 1 aliphatic carbocycles. The number of carbonyl (C=O) groups excluding carboxylic acids is 1. The summed E-state index contributed by atoms with van der Waals surface area (Å²) in [5.41, 5.74) is 6.17. The van der Waals surface area contributed by atoms with Crippen molar-refractivity contribution in [3.63, 3.8) is 0 Å². The molecular weight excluding hydrogens is 398 g/mol. The predicted octanol–water partition coefficient (Wildman–Crippen LogP) is 4.32. The SMILES string of the molecule is CN1CCN(C(=O)c2ccc(-c3cnc4[nH]ccc4c3C3=CCC(C#N)CC3)cc2)CC1. The Morgan fingerprint density at radius 3 is 2.62 bits per heavy atom. The topological polar surface area (TPSA) is 76.0 Å². The minimum atomic E-state index is 0.0987. The van der Waals surface area contributed by atoms with Crippen LogP contribution >= 0.6 is 0 Å². The molecule has 0 bridgehead atoms. The Balaban J connectivity index is 1.48. The van der Waals surface area contributed by atoms with E-state index in [0.29, 0.717) is 0 Å². The molecule has 3 aromatic rings. The van der Waals surface area contributed by atoms with E-state index >= 15 is 0 Å². The number of nitrogens with one attached hydrogen (secondary N) is 1. The molecule has 1 N–H and O–H groups in total. The molecule has 1 amide bonds. The number of carbonyl (C=O) groups is 1. The number of likely N-dealkylation sites (N-methyl/N-ethyl adjacent to an activating group) is 1. The summed E-state index contributed by atoms with van der Waals surface area (Å²) < 4.78 is 0. The van der Waals surface area contributed by atoms with Crippen molar-refractivity contribution in [2.45, 2.75) is 19.3 Å². The first-order valence-electron chi connectivity index (χ1n) is 11.3. The first-order valence-corrected chi connectivity index (χ1v) is 11.3. The highest BCUT2D eigenvalue weighted by atomic mass is 16.2. The van der Waals surface area contributed by atoms with Gasteiger partial charge in [0.15, 0.2) is 0 Å². The minimum absolute atomic E-state index is 0.0987. The highest BCUT2D eigenvalue weighted by molar-refractivity contribution is 5.99. The molecule has 6 nitrogen and oxygen atoms in total. The summed E-state index contributed by atoms with van der Waals surface area (Å²) in [6.07, 6.45) is 8.61. The molecule has 0 radical (unpaired) electrons. The fourth-order valence-corrected chi connectivity index (χ4v) is 4.74. The van der Waals surface area contributed by atoms with Crippen LogP contribution in [0.25, 0.3) is 27.7 Å². The molecule has 162 valence electrons. The highest BCUT2D eigenvalue weighted by Gasteiger charge is 2.22. The molecule has 3 heterocycles. The van der Waals surface area contributed by atoms with E-state index < -0.39 is 0 Å². The third-order valence-corrected chi connectivity index (χ3v) is 6.73. The number of nitrogens with zero attached hydrogens (tertiary/aromatic N) is 4. The lowest BCUT2D eigenvalue weighted by atomic mass is 9.84. The summed E-state index contributed by atoms with van der Waals surface area (Å²) >= 11 is 0. The van der Waals surface area contributed by atoms with Gasteiger partial charge in [-0.15, -0.1) is 0 Å². The van der Waals surface area contributed by atoms with Crippen molar-refractivity contribution in [2.75, 3.05) is 33.2 Å². The molecule has 0 spiro atoms. The molecule has 2 aliphatic rings. The molecule has 6 heteroatoms. The van der Waals surface area contributed by atoms with Crippen LogP contribution in [-0.4, -0.2) is 58.9 Å². The average molecular weight is 426 g/mol. The van der Waals surface area contributed by atoms with Gasteiger partial charge in [0.05, 0.1) is 12.0 Å². The van der Waals surface area contributed by atoms with E-state index in [4.69, 9.17) is 0 Å². The lowest BCUT2D eigenvalue weighted by Crippen LogP contribution is -2.47. The second-order valence-corrected chi connectivity index (χ2v) is 8.79. The quantitative estimate of drug-likeness (QED) is 0.678. The van der Waals surface area contributed by atoms with Crippen LogP contribution in [0.2, 0.25) is 0 Å². The van der Waals surface area contributed by atoms with Gasteiger partial charge in [0.25, 0.3) is 5.91 Å². The third-order valence-electron chi connectivity index (χ3n) is 6.73. The number of amides is 1. The van der Waals surface area contributed by atoms with Crippen molar-refractivity contribution < 1.29 is 4.79 Å². The first kappa shape index (κ1) is 20.5. The number of rotatable bonds is 3. The fraction of sp³-hybridized carbons (Fsp3) is 0.346. The number of nitriles is 1. The Bertz CT molecular complexity index is 1210. The Morgan fingerprint density at radius 1 is 1.16 bits per heavy atom. The summed E-state index contributed by atoms with van der Waals surface area (Å²) in [6.45, 7) is 3.37. The molecule has 2 aromatic heterocycles. The Kier molecular flexibility index (Phi) is 5.50. The number of piperazine rings is 1. The Hall–Kier alpha value is -3.43. The molecule has 1 aliphatic heterocycles. The summed E-state index contributed by atoms with van der Waals surface area (Å²) in [5.74, 6) is 0.201. The van der Waals surface area contributed by atoms with Gasteiger partial charge in [-0.05, 0) is 61.2 Å². The van der Waals surface area contributed by atoms with Crippen LogP contribution < -0.4 is 0 Å². The van der Waals surface area contributed by atoms with Crippen LogP contribution in [0.1, 0.15) is 35.2 Å². The van der Waals surface area contributed by atoms with Crippen molar-refractivity contribution in [1.29, 1.82) is 5.26 Å². The molecule has 0 saturated carbocycles. The lowest BCUT2D eigenvalue weighted by molar-refractivity contribution is 0.0664. The van der Waals surface area contributed by atoms with Crippen molar-refractivity contribution >= 4 is 22.5 Å². The number of H-pyrrole nitrogens is 1. The second-order valence-electron chi connectivity index (χ2n) is 8.79. The Morgan fingerprint density at radius 2 is 1.94 bits per heavy atom. The number of aromatic nitrogens is 2. The van der Waals surface area contributed by atoms with Gasteiger partial charge in [0.1, 0.15) is 5.65 Å². The fourth-order valence-electron chi connectivity index (χ4n) is 4.74. The zero-order valence-corrected chi connectivity index (χ0v) is 18.3. The van der Waals surface area contributed by atoms with Gasteiger partial charge >= 0.3 is 0 Å². The van der Waals surface area contributed by atoms with Crippen molar-refractivity contribution in [1.82, 2.24) is 19.8 Å². The smallest absolute Gasteiger partial charge is 0.253 e. The van der Waals surface area contributed by atoms with Gasteiger partial charge in [0.2, 0.25) is 0 Å². The highest BCUT2D eigenvalue weighted by Crippen LogP contribution is 2.39. The van der Waals surface area contributed by atoms with Crippen molar-refractivity contribution in [2.24, 2.45) is 5.92 Å². The van der Waals surface area contributed by atoms with Crippen molar-refractivity contribution in [3.8, 4) is 17.2 Å². The molecule has 32 heavy (non-hydrogen) atoms. The summed E-state index contributed by atoms with van der Waals surface area (Å²) in [6, 6.07) is 12.4. The monoisotopic (exact) mass is 425 g/mol. The van der Waals surface area contributed by atoms with Gasteiger partial charge in [-0.2, -0.15) is 5.26 Å². The molecule has 1 fully saturated rings. The largest absolute Gasteiger partial charge is 0.346 e. The van der Waals surface area contributed by atoms with Crippen LogP contribution in [0.3, 0.4) is 0 Å². The van der Waals surface area contributed by atoms with E-state index in [0.717, 1.165) is 73.2 Å². The van der Waals surface area contributed by atoms with Crippen LogP contribution in [-0.2, 0) is 0 Å². The number of hydrogen-bond acceptors (Lipinski definition) is 4. The van der Waals surface area contributed by atoms with Crippen LogP contribution in [0.5, 0.6) is 0 Å². The maximum Gasteiger partial charge on any atom is 0.253 e. The van der Waals surface area contributed by atoms with Gasteiger partial charge in [-0.3, -0.25) is 4.79 Å². The number of aromatic amines is 1. The van der Waals surface area contributed by atoms with Crippen molar-refractivity contribution in [3.05, 3.63) is 59.9 Å². The zero-order valence-electron chi connectivity index (χ0n) is 18.3. The van der Waals surface area contributed by atoms with Gasteiger partial charge in [-0.1, -0.05) is 18.2 Å². The number of fused-ring (bicyclic) bond motifs is 1.